The smallest absolute Gasteiger partial charge is 0.146 e. The average Bonchev–Trinajstić information content (AvgIpc) is 2.22. The number of hydrogen-bond acceptors (Lipinski definition) is 2. The van der Waals surface area contributed by atoms with Gasteiger partial charge in [0.1, 0.15) is 5.82 Å². The molecule has 1 heterocycles. The minimum Gasteiger partial charge on any atom is -0.396 e. The molecule has 1 fully saturated rings. The van der Waals surface area contributed by atoms with Gasteiger partial charge in [0.2, 0.25) is 0 Å². The highest BCUT2D eigenvalue weighted by Crippen LogP contribution is 2.29. The lowest BCUT2D eigenvalue weighted by atomic mass is 9.84. The van der Waals surface area contributed by atoms with Gasteiger partial charge in [0, 0.05) is 13.1 Å². The molecule has 1 aliphatic rings. The van der Waals surface area contributed by atoms with Crippen molar-refractivity contribution in [2.75, 3.05) is 18.8 Å². The van der Waals surface area contributed by atoms with Gasteiger partial charge in [-0.25, -0.2) is 4.39 Å². The van der Waals surface area contributed by atoms with Crippen LogP contribution in [0.15, 0.2) is 18.2 Å². The molecule has 17 heavy (non-hydrogen) atoms. The van der Waals surface area contributed by atoms with E-state index in [9.17, 15) is 4.39 Å². The zero-order valence-electron chi connectivity index (χ0n) is 10.7. The SMILES string of the molecule is CC1(C)CCCN(Cc2ccc(N)c(F)c2)C1. The lowest BCUT2D eigenvalue weighted by Gasteiger charge is -2.38. The highest BCUT2D eigenvalue weighted by molar-refractivity contribution is 5.41. The number of benzene rings is 1. The number of halogens is 1. The first-order valence-corrected chi connectivity index (χ1v) is 6.23. The molecule has 0 aromatic heterocycles. The van der Waals surface area contributed by atoms with E-state index in [-0.39, 0.29) is 11.5 Å². The zero-order chi connectivity index (χ0) is 12.5. The van der Waals surface area contributed by atoms with Crippen LogP contribution in [0.25, 0.3) is 0 Å². The van der Waals surface area contributed by atoms with Crippen LogP contribution in [0, 0.1) is 11.2 Å². The van der Waals surface area contributed by atoms with Gasteiger partial charge in [0.05, 0.1) is 5.69 Å². The topological polar surface area (TPSA) is 29.3 Å². The number of nitrogens with zero attached hydrogens (tertiary/aromatic N) is 1. The van der Waals surface area contributed by atoms with E-state index in [1.54, 1.807) is 12.1 Å². The molecule has 1 aliphatic heterocycles. The summed E-state index contributed by atoms with van der Waals surface area (Å²) in [5, 5.41) is 0. The first-order valence-electron chi connectivity index (χ1n) is 6.23. The van der Waals surface area contributed by atoms with Gasteiger partial charge in [-0.05, 0) is 42.5 Å². The van der Waals surface area contributed by atoms with Gasteiger partial charge in [-0.15, -0.1) is 0 Å². The molecule has 1 aromatic carbocycles. The summed E-state index contributed by atoms with van der Waals surface area (Å²) in [6, 6.07) is 5.12. The summed E-state index contributed by atoms with van der Waals surface area (Å²) in [5.41, 5.74) is 7.09. The molecule has 2 N–H and O–H groups in total. The van der Waals surface area contributed by atoms with Crippen LogP contribution >= 0.6 is 0 Å². The minimum absolute atomic E-state index is 0.229. The lowest BCUT2D eigenvalue weighted by molar-refractivity contribution is 0.111. The summed E-state index contributed by atoms with van der Waals surface area (Å²) in [4.78, 5) is 2.40. The molecule has 0 unspecified atom stereocenters. The van der Waals surface area contributed by atoms with Crippen molar-refractivity contribution in [3.63, 3.8) is 0 Å². The van der Waals surface area contributed by atoms with Crippen molar-refractivity contribution >= 4 is 5.69 Å². The van der Waals surface area contributed by atoms with E-state index in [1.807, 2.05) is 6.07 Å². The second-order valence-corrected chi connectivity index (χ2v) is 5.83. The quantitative estimate of drug-likeness (QED) is 0.800. The molecule has 0 spiro atoms. The van der Waals surface area contributed by atoms with E-state index < -0.39 is 0 Å². The Hall–Kier alpha value is -1.09. The fourth-order valence-corrected chi connectivity index (χ4v) is 2.61. The zero-order valence-corrected chi connectivity index (χ0v) is 10.7. The number of piperidine rings is 1. The fraction of sp³-hybridized carbons (Fsp3) is 0.571. The van der Waals surface area contributed by atoms with Gasteiger partial charge in [-0.2, -0.15) is 0 Å². The van der Waals surface area contributed by atoms with E-state index in [0.29, 0.717) is 5.41 Å². The van der Waals surface area contributed by atoms with Gasteiger partial charge >= 0.3 is 0 Å². The largest absolute Gasteiger partial charge is 0.396 e. The van der Waals surface area contributed by atoms with Crippen molar-refractivity contribution in [3.8, 4) is 0 Å². The Balaban J connectivity index is 2.03. The average molecular weight is 236 g/mol. The van der Waals surface area contributed by atoms with Gasteiger partial charge in [0.25, 0.3) is 0 Å². The van der Waals surface area contributed by atoms with Gasteiger partial charge in [0.15, 0.2) is 0 Å². The Bertz CT molecular complexity index is 401. The fourth-order valence-electron chi connectivity index (χ4n) is 2.61. The van der Waals surface area contributed by atoms with Gasteiger partial charge in [-0.3, -0.25) is 4.90 Å². The molecule has 2 rings (SSSR count). The van der Waals surface area contributed by atoms with Crippen molar-refractivity contribution < 1.29 is 4.39 Å². The monoisotopic (exact) mass is 236 g/mol. The molecule has 3 heteroatoms. The second kappa shape index (κ2) is 4.65. The normalized spacial score (nSPS) is 20.4. The number of rotatable bonds is 2. The predicted octanol–water partition coefficient (Wildman–Crippen LogP) is 3.03. The van der Waals surface area contributed by atoms with Crippen LogP contribution in [0.1, 0.15) is 32.3 Å². The van der Waals surface area contributed by atoms with Crippen molar-refractivity contribution in [3.05, 3.63) is 29.6 Å². The maximum Gasteiger partial charge on any atom is 0.146 e. The van der Waals surface area contributed by atoms with Crippen LogP contribution in [-0.4, -0.2) is 18.0 Å². The number of anilines is 1. The van der Waals surface area contributed by atoms with E-state index >= 15 is 0 Å². The summed E-state index contributed by atoms with van der Waals surface area (Å²) in [6.07, 6.45) is 2.50. The molecule has 94 valence electrons. The maximum atomic E-state index is 13.3. The highest BCUT2D eigenvalue weighted by atomic mass is 19.1. The molecule has 0 radical (unpaired) electrons. The molecular weight excluding hydrogens is 215 g/mol. The number of nitrogen functional groups attached to an aromatic ring is 1. The molecule has 2 nitrogen and oxygen atoms in total. The summed E-state index contributed by atoms with van der Waals surface area (Å²) in [7, 11) is 0. The molecule has 0 saturated carbocycles. The molecule has 1 aromatic rings. The lowest BCUT2D eigenvalue weighted by Crippen LogP contribution is -2.39. The van der Waals surface area contributed by atoms with Crippen molar-refractivity contribution in [2.24, 2.45) is 5.41 Å². The second-order valence-electron chi connectivity index (χ2n) is 5.83. The van der Waals surface area contributed by atoms with E-state index in [1.165, 1.54) is 12.8 Å². The van der Waals surface area contributed by atoms with Crippen LogP contribution in [0.2, 0.25) is 0 Å². The van der Waals surface area contributed by atoms with E-state index in [2.05, 4.69) is 18.7 Å². The standard InChI is InChI=1S/C14H21FN2/c1-14(2)6-3-7-17(10-14)9-11-4-5-13(16)12(15)8-11/h4-5,8H,3,6-7,9-10,16H2,1-2H3. The Labute approximate surface area is 103 Å². The van der Waals surface area contributed by atoms with E-state index in [0.717, 1.165) is 25.2 Å². The van der Waals surface area contributed by atoms with Crippen LogP contribution in [0.4, 0.5) is 10.1 Å². The number of nitrogens with two attached hydrogens (primary N) is 1. The molecule has 1 saturated heterocycles. The van der Waals surface area contributed by atoms with Crippen LogP contribution < -0.4 is 5.73 Å². The maximum absolute atomic E-state index is 13.3. The first kappa shape index (κ1) is 12.4. The Morgan fingerprint density at radius 2 is 2.18 bits per heavy atom. The summed E-state index contributed by atoms with van der Waals surface area (Å²) in [6.45, 7) is 7.60. The van der Waals surface area contributed by atoms with Crippen LogP contribution in [0.3, 0.4) is 0 Å². The molecule has 0 amide bonds. The van der Waals surface area contributed by atoms with Crippen LogP contribution in [0.5, 0.6) is 0 Å². The Kier molecular flexibility index (Phi) is 3.38. The third-order valence-corrected chi connectivity index (χ3v) is 3.45. The molecule has 0 bridgehead atoms. The van der Waals surface area contributed by atoms with Gasteiger partial charge < -0.3 is 5.73 Å². The molecular formula is C14H21FN2. The predicted molar refractivity (Wildman–Crippen MR) is 69.1 cm³/mol. The number of likely N-dealkylation sites (tertiary alicyclic amines) is 1. The highest BCUT2D eigenvalue weighted by Gasteiger charge is 2.26. The van der Waals surface area contributed by atoms with Crippen LogP contribution in [-0.2, 0) is 6.54 Å². The summed E-state index contributed by atoms with van der Waals surface area (Å²) < 4.78 is 13.3. The Morgan fingerprint density at radius 1 is 1.41 bits per heavy atom. The third-order valence-electron chi connectivity index (χ3n) is 3.45. The Morgan fingerprint density at radius 3 is 2.82 bits per heavy atom. The first-order chi connectivity index (χ1) is 7.96. The third kappa shape index (κ3) is 3.19. The minimum atomic E-state index is -0.307. The summed E-state index contributed by atoms with van der Waals surface area (Å²) >= 11 is 0. The number of hydrogen-bond donors (Lipinski definition) is 1. The molecule has 0 atom stereocenters. The van der Waals surface area contributed by atoms with Crippen molar-refractivity contribution in [1.29, 1.82) is 0 Å². The van der Waals surface area contributed by atoms with Crippen molar-refractivity contribution in [2.45, 2.75) is 33.2 Å². The van der Waals surface area contributed by atoms with Gasteiger partial charge in [-0.1, -0.05) is 19.9 Å². The molecule has 0 aliphatic carbocycles. The van der Waals surface area contributed by atoms with Crippen molar-refractivity contribution in [1.82, 2.24) is 4.90 Å². The summed E-state index contributed by atoms with van der Waals surface area (Å²) in [5.74, 6) is -0.307. The van der Waals surface area contributed by atoms with E-state index in [4.69, 9.17) is 5.73 Å².